The van der Waals surface area contributed by atoms with Crippen LogP contribution in [0.15, 0.2) is 99.9 Å². The van der Waals surface area contributed by atoms with Crippen LogP contribution in [0.3, 0.4) is 0 Å². The van der Waals surface area contributed by atoms with Crippen molar-refractivity contribution in [3.8, 4) is 17.1 Å². The van der Waals surface area contributed by atoms with Crippen LogP contribution >= 0.6 is 23.1 Å². The van der Waals surface area contributed by atoms with E-state index in [9.17, 15) is 4.79 Å². The molecule has 0 aliphatic heterocycles. The van der Waals surface area contributed by atoms with Crippen molar-refractivity contribution < 1.29 is 9.21 Å². The van der Waals surface area contributed by atoms with Crippen LogP contribution in [0, 0.1) is 0 Å². The third-order valence-corrected chi connectivity index (χ3v) is 7.65. The van der Waals surface area contributed by atoms with Crippen molar-refractivity contribution in [3.63, 3.8) is 0 Å². The number of furan rings is 1. The first kappa shape index (κ1) is 22.3. The molecule has 8 heteroatoms. The summed E-state index contributed by atoms with van der Waals surface area (Å²) in [7, 11) is 0. The molecule has 3 aromatic carbocycles. The van der Waals surface area contributed by atoms with Gasteiger partial charge in [0, 0.05) is 28.9 Å². The van der Waals surface area contributed by atoms with Crippen LogP contribution in [-0.4, -0.2) is 26.9 Å². The molecule has 0 radical (unpaired) electrons. The number of thioether (sulfide) groups is 1. The minimum atomic E-state index is -0.230. The molecule has 0 aliphatic carbocycles. The summed E-state index contributed by atoms with van der Waals surface area (Å²) >= 11 is 3.23. The van der Waals surface area contributed by atoms with Crippen molar-refractivity contribution in [2.24, 2.45) is 0 Å². The third-order valence-electron chi connectivity index (χ3n) is 5.65. The number of carbonyl (C=O) groups excluding carboxylic acids is 1. The topological polar surface area (TPSA) is 73.0 Å². The van der Waals surface area contributed by atoms with Gasteiger partial charge < -0.3 is 9.73 Å². The summed E-state index contributed by atoms with van der Waals surface area (Å²) in [6.07, 6.45) is 7.18. The first-order valence-corrected chi connectivity index (χ1v) is 13.3. The molecule has 36 heavy (non-hydrogen) atoms. The average molecular weight is 509 g/mol. The second-order valence-electron chi connectivity index (χ2n) is 8.05. The minimum absolute atomic E-state index is 0.230. The Morgan fingerprint density at radius 1 is 1.06 bits per heavy atom. The number of nitrogens with zero attached hydrogens (tertiary/aromatic N) is 3. The first-order valence-electron chi connectivity index (χ1n) is 11.2. The maximum Gasteiger partial charge on any atom is 0.248 e. The van der Waals surface area contributed by atoms with Crippen molar-refractivity contribution in [2.75, 3.05) is 11.6 Å². The molecule has 6 nitrogen and oxygen atoms in total. The highest BCUT2D eigenvalue weighted by Gasteiger charge is 2.15. The number of carbonyl (C=O) groups is 1. The zero-order valence-electron chi connectivity index (χ0n) is 19.2. The highest BCUT2D eigenvalue weighted by molar-refractivity contribution is 8.00. The van der Waals surface area contributed by atoms with Crippen LogP contribution in [0.2, 0.25) is 0 Å². The number of fused-ring (bicyclic) bond motifs is 2. The molecule has 3 aromatic heterocycles. The van der Waals surface area contributed by atoms with Gasteiger partial charge in [-0.25, -0.2) is 9.67 Å². The number of thiazole rings is 1. The van der Waals surface area contributed by atoms with Crippen molar-refractivity contribution in [1.82, 2.24) is 14.8 Å². The van der Waals surface area contributed by atoms with E-state index in [1.165, 1.54) is 6.08 Å². The number of benzene rings is 3. The maximum absolute atomic E-state index is 12.8. The third kappa shape index (κ3) is 4.44. The van der Waals surface area contributed by atoms with Gasteiger partial charge in [0.15, 0.2) is 10.1 Å². The quantitative estimate of drug-likeness (QED) is 0.189. The van der Waals surface area contributed by atoms with Crippen molar-refractivity contribution >= 4 is 62.0 Å². The molecule has 0 saturated heterocycles. The summed E-state index contributed by atoms with van der Waals surface area (Å²) in [4.78, 5) is 17.3. The number of aromatic nitrogens is 3. The summed E-state index contributed by atoms with van der Waals surface area (Å²) < 4.78 is 9.92. The smallest absolute Gasteiger partial charge is 0.248 e. The van der Waals surface area contributed by atoms with E-state index in [1.807, 2.05) is 91.3 Å². The van der Waals surface area contributed by atoms with Crippen molar-refractivity contribution in [2.45, 2.75) is 4.34 Å². The van der Waals surface area contributed by atoms with Gasteiger partial charge in [-0.2, -0.15) is 5.10 Å². The van der Waals surface area contributed by atoms with E-state index in [0.717, 1.165) is 42.5 Å². The Hall–Kier alpha value is -4.14. The number of anilines is 1. The number of rotatable bonds is 6. The van der Waals surface area contributed by atoms with Gasteiger partial charge in [0.25, 0.3) is 0 Å². The summed E-state index contributed by atoms with van der Waals surface area (Å²) in [5.41, 5.74) is 4.80. The molecule has 3 heterocycles. The normalized spacial score (nSPS) is 11.6. The minimum Gasteiger partial charge on any atom is -0.454 e. The van der Waals surface area contributed by atoms with Gasteiger partial charge in [0.2, 0.25) is 5.91 Å². The van der Waals surface area contributed by atoms with Crippen molar-refractivity contribution in [3.05, 3.63) is 96.7 Å². The van der Waals surface area contributed by atoms with Gasteiger partial charge in [-0.1, -0.05) is 48.2 Å². The standard InChI is InChI=1S/C28H20N4O2S2/c1-35-28-30-22-13-12-20(16-25(22)36-28)29-26(33)14-11-19-17-32(21-8-3-2-4-9-21)31-27(19)24-15-18-7-5-6-10-23(18)34-24/h2-17H,1H3,(H,29,33)/b14-11+. The number of amides is 1. The summed E-state index contributed by atoms with van der Waals surface area (Å²) in [5.74, 6) is 0.415. The Morgan fingerprint density at radius 2 is 1.89 bits per heavy atom. The highest BCUT2D eigenvalue weighted by atomic mass is 32.2. The van der Waals surface area contributed by atoms with Crippen LogP contribution in [0.25, 0.3) is 44.4 Å². The molecule has 0 atom stereocenters. The second kappa shape index (κ2) is 9.49. The first-order chi connectivity index (χ1) is 17.7. The SMILES string of the molecule is CSc1nc2ccc(NC(=O)/C=C/c3cn(-c4ccccc4)nc3-c3cc4ccccc4o3)cc2s1. The van der Waals surface area contributed by atoms with E-state index < -0.39 is 0 Å². The van der Waals surface area contributed by atoms with Gasteiger partial charge in [0.1, 0.15) is 11.3 Å². The maximum atomic E-state index is 12.8. The Labute approximate surface area is 215 Å². The molecule has 1 amide bonds. The van der Waals surface area contributed by atoms with Crippen molar-refractivity contribution in [1.29, 1.82) is 0 Å². The summed E-state index contributed by atoms with van der Waals surface area (Å²) in [6, 6.07) is 25.4. The number of para-hydroxylation sites is 2. The lowest BCUT2D eigenvalue weighted by Gasteiger charge is -2.01. The molecule has 0 fully saturated rings. The van der Waals surface area contributed by atoms with Gasteiger partial charge in [-0.15, -0.1) is 11.3 Å². The van der Waals surface area contributed by atoms with Crippen LogP contribution in [-0.2, 0) is 4.79 Å². The fourth-order valence-electron chi connectivity index (χ4n) is 3.93. The van der Waals surface area contributed by atoms with E-state index in [1.54, 1.807) is 33.9 Å². The van der Waals surface area contributed by atoms with E-state index in [2.05, 4.69) is 10.3 Å². The Morgan fingerprint density at radius 3 is 2.72 bits per heavy atom. The Balaban J connectivity index is 1.31. The lowest BCUT2D eigenvalue weighted by Crippen LogP contribution is -2.07. The molecule has 0 saturated carbocycles. The highest BCUT2D eigenvalue weighted by Crippen LogP contribution is 2.31. The molecule has 6 rings (SSSR count). The van der Waals surface area contributed by atoms with Crippen LogP contribution in [0.1, 0.15) is 5.56 Å². The average Bonchev–Trinajstić information content (AvgIpc) is 3.63. The molecule has 6 aromatic rings. The number of hydrogen-bond donors (Lipinski definition) is 1. The number of hydrogen-bond acceptors (Lipinski definition) is 6. The fourth-order valence-corrected chi connectivity index (χ4v) is 5.46. The van der Waals surface area contributed by atoms with E-state index in [4.69, 9.17) is 9.52 Å². The van der Waals surface area contributed by atoms with Gasteiger partial charge in [-0.05, 0) is 54.8 Å². The molecule has 0 aliphatic rings. The van der Waals surface area contributed by atoms with Gasteiger partial charge in [0.05, 0.1) is 15.9 Å². The lowest BCUT2D eigenvalue weighted by molar-refractivity contribution is -0.111. The van der Waals surface area contributed by atoms with E-state index >= 15 is 0 Å². The summed E-state index contributed by atoms with van der Waals surface area (Å²) in [5, 5.41) is 8.73. The van der Waals surface area contributed by atoms with E-state index in [0.29, 0.717) is 11.5 Å². The van der Waals surface area contributed by atoms with Gasteiger partial charge in [-0.3, -0.25) is 4.79 Å². The van der Waals surface area contributed by atoms with Crippen LogP contribution in [0.5, 0.6) is 0 Å². The predicted molar refractivity (Wildman–Crippen MR) is 148 cm³/mol. The second-order valence-corrected chi connectivity index (χ2v) is 10.1. The van der Waals surface area contributed by atoms with Gasteiger partial charge >= 0.3 is 0 Å². The monoisotopic (exact) mass is 508 g/mol. The molecule has 0 spiro atoms. The molecule has 176 valence electrons. The largest absolute Gasteiger partial charge is 0.454 e. The summed E-state index contributed by atoms with van der Waals surface area (Å²) in [6.45, 7) is 0. The number of nitrogens with one attached hydrogen (secondary N) is 1. The zero-order chi connectivity index (χ0) is 24.5. The molecular formula is C28H20N4O2S2. The van der Waals surface area contributed by atoms with Crippen LogP contribution in [0.4, 0.5) is 5.69 Å². The van der Waals surface area contributed by atoms with E-state index in [-0.39, 0.29) is 5.91 Å². The molecule has 1 N–H and O–H groups in total. The zero-order valence-corrected chi connectivity index (χ0v) is 20.8. The lowest BCUT2D eigenvalue weighted by atomic mass is 10.2. The fraction of sp³-hybridized carbons (Fsp3) is 0.0357. The predicted octanol–water partition coefficient (Wildman–Crippen LogP) is 7.27. The Kier molecular flexibility index (Phi) is 5.88. The van der Waals surface area contributed by atoms with Crippen LogP contribution < -0.4 is 5.32 Å². The molecule has 0 bridgehead atoms. The molecular weight excluding hydrogens is 488 g/mol. The Bertz CT molecular complexity index is 1700. The molecule has 0 unspecified atom stereocenters.